The second-order valence-corrected chi connectivity index (χ2v) is 6.02. The van der Waals surface area contributed by atoms with Gasteiger partial charge in [-0.1, -0.05) is 70.5 Å². The Morgan fingerprint density at radius 3 is 2.40 bits per heavy atom. The van der Waals surface area contributed by atoms with E-state index in [4.69, 9.17) is 0 Å². The van der Waals surface area contributed by atoms with E-state index in [1.165, 1.54) is 0 Å². The van der Waals surface area contributed by atoms with Crippen LogP contribution in [0, 0.1) is 0 Å². The van der Waals surface area contributed by atoms with Crippen molar-refractivity contribution in [2.24, 2.45) is 0 Å². The van der Waals surface area contributed by atoms with Crippen LogP contribution in [0.3, 0.4) is 0 Å². The van der Waals surface area contributed by atoms with E-state index in [-0.39, 0.29) is 0 Å². The molecule has 0 radical (unpaired) electrons. The van der Waals surface area contributed by atoms with Crippen molar-refractivity contribution >= 4 is 26.7 Å². The summed E-state index contributed by atoms with van der Waals surface area (Å²) in [4.78, 5) is 0. The minimum absolute atomic E-state index is 0.878. The standard InChI is InChI=1S/C18H15BrO/c1-18(20,14-8-5-9-15(19)12-14)17-11-4-7-13-6-2-3-10-16(13)17/h2-12,20H,1H3. The minimum atomic E-state index is -1.02. The van der Waals surface area contributed by atoms with E-state index in [0.29, 0.717) is 0 Å². The second-order valence-electron chi connectivity index (χ2n) is 5.11. The lowest BCUT2D eigenvalue weighted by Crippen LogP contribution is -2.23. The van der Waals surface area contributed by atoms with E-state index >= 15 is 0 Å². The molecule has 0 spiro atoms. The Kier molecular flexibility index (Phi) is 3.36. The summed E-state index contributed by atoms with van der Waals surface area (Å²) in [6, 6.07) is 22.0. The van der Waals surface area contributed by atoms with Crippen LogP contribution in [0.4, 0.5) is 0 Å². The highest BCUT2D eigenvalue weighted by molar-refractivity contribution is 9.10. The molecular formula is C18H15BrO. The van der Waals surface area contributed by atoms with Gasteiger partial charge in [0, 0.05) is 4.47 Å². The smallest absolute Gasteiger partial charge is 0.112 e. The molecule has 0 fully saturated rings. The first-order valence-electron chi connectivity index (χ1n) is 6.56. The normalized spacial score (nSPS) is 14.2. The van der Waals surface area contributed by atoms with Crippen molar-refractivity contribution < 1.29 is 5.11 Å². The maximum atomic E-state index is 11.1. The number of hydrogen-bond acceptors (Lipinski definition) is 1. The summed E-state index contributed by atoms with van der Waals surface area (Å²) < 4.78 is 0.968. The van der Waals surface area contributed by atoms with E-state index in [1.807, 2.05) is 55.5 Å². The Morgan fingerprint density at radius 1 is 0.900 bits per heavy atom. The molecule has 0 heterocycles. The highest BCUT2D eigenvalue weighted by Gasteiger charge is 2.27. The number of aliphatic hydroxyl groups is 1. The van der Waals surface area contributed by atoms with Crippen LogP contribution in [0.5, 0.6) is 0 Å². The molecule has 1 N–H and O–H groups in total. The molecule has 3 rings (SSSR count). The van der Waals surface area contributed by atoms with Gasteiger partial charge in [-0.15, -0.1) is 0 Å². The summed E-state index contributed by atoms with van der Waals surface area (Å²) in [6.45, 7) is 1.84. The average molecular weight is 327 g/mol. The number of benzene rings is 3. The Hall–Kier alpha value is -1.64. The summed E-state index contributed by atoms with van der Waals surface area (Å²) in [5.74, 6) is 0. The molecule has 1 unspecified atom stereocenters. The first-order chi connectivity index (χ1) is 9.59. The van der Waals surface area contributed by atoms with E-state index < -0.39 is 5.60 Å². The molecule has 1 nitrogen and oxygen atoms in total. The number of halogens is 1. The van der Waals surface area contributed by atoms with Gasteiger partial charge in [-0.3, -0.25) is 0 Å². The number of hydrogen-bond donors (Lipinski definition) is 1. The van der Waals surface area contributed by atoms with Crippen LogP contribution in [0.2, 0.25) is 0 Å². The van der Waals surface area contributed by atoms with Crippen LogP contribution in [0.15, 0.2) is 71.2 Å². The Bertz CT molecular complexity index is 757. The molecule has 3 aromatic carbocycles. The number of fused-ring (bicyclic) bond motifs is 1. The molecule has 100 valence electrons. The van der Waals surface area contributed by atoms with E-state index in [0.717, 1.165) is 26.4 Å². The Balaban J connectivity index is 2.23. The fourth-order valence-corrected chi connectivity index (χ4v) is 3.00. The van der Waals surface area contributed by atoms with Crippen LogP contribution in [-0.4, -0.2) is 5.11 Å². The average Bonchev–Trinajstić information content (AvgIpc) is 2.46. The Labute approximate surface area is 127 Å². The molecule has 0 aliphatic rings. The van der Waals surface area contributed by atoms with Crippen molar-refractivity contribution in [3.63, 3.8) is 0 Å². The van der Waals surface area contributed by atoms with Crippen LogP contribution in [-0.2, 0) is 5.60 Å². The maximum Gasteiger partial charge on any atom is 0.112 e. The first-order valence-corrected chi connectivity index (χ1v) is 7.35. The molecular weight excluding hydrogens is 312 g/mol. The highest BCUT2D eigenvalue weighted by Crippen LogP contribution is 2.34. The largest absolute Gasteiger partial charge is 0.381 e. The third-order valence-electron chi connectivity index (χ3n) is 3.70. The van der Waals surface area contributed by atoms with Gasteiger partial charge in [0.1, 0.15) is 5.60 Å². The predicted molar refractivity (Wildman–Crippen MR) is 86.8 cm³/mol. The summed E-state index contributed by atoms with van der Waals surface area (Å²) in [5, 5.41) is 13.3. The summed E-state index contributed by atoms with van der Waals surface area (Å²) >= 11 is 3.47. The fraction of sp³-hybridized carbons (Fsp3) is 0.111. The molecule has 0 aromatic heterocycles. The molecule has 20 heavy (non-hydrogen) atoms. The third-order valence-corrected chi connectivity index (χ3v) is 4.19. The summed E-state index contributed by atoms with van der Waals surface area (Å²) in [5.41, 5.74) is 0.780. The van der Waals surface area contributed by atoms with Gasteiger partial charge in [0.15, 0.2) is 0 Å². The SMILES string of the molecule is CC(O)(c1cccc(Br)c1)c1cccc2ccccc12. The monoisotopic (exact) mass is 326 g/mol. The maximum absolute atomic E-state index is 11.1. The quantitative estimate of drug-likeness (QED) is 0.713. The first kappa shape index (κ1) is 13.3. The molecule has 0 saturated carbocycles. The molecule has 1 atom stereocenters. The van der Waals surface area contributed by atoms with Gasteiger partial charge < -0.3 is 5.11 Å². The van der Waals surface area contributed by atoms with Gasteiger partial charge in [-0.25, -0.2) is 0 Å². The van der Waals surface area contributed by atoms with Crippen molar-refractivity contribution in [1.82, 2.24) is 0 Å². The zero-order chi connectivity index (χ0) is 14.2. The van der Waals surface area contributed by atoms with Gasteiger partial charge in [0.2, 0.25) is 0 Å². The molecule has 0 bridgehead atoms. The molecule has 0 amide bonds. The predicted octanol–water partition coefficient (Wildman–Crippen LogP) is 4.86. The van der Waals surface area contributed by atoms with Gasteiger partial charge >= 0.3 is 0 Å². The molecule has 0 aliphatic heterocycles. The fourth-order valence-electron chi connectivity index (χ4n) is 2.60. The highest BCUT2D eigenvalue weighted by atomic mass is 79.9. The lowest BCUT2D eigenvalue weighted by Gasteiger charge is -2.26. The van der Waals surface area contributed by atoms with Gasteiger partial charge in [0.05, 0.1) is 0 Å². The molecule has 0 aliphatic carbocycles. The van der Waals surface area contributed by atoms with Crippen molar-refractivity contribution in [1.29, 1.82) is 0 Å². The summed E-state index contributed by atoms with van der Waals surface area (Å²) in [6.07, 6.45) is 0. The van der Waals surface area contributed by atoms with Crippen LogP contribution in [0.25, 0.3) is 10.8 Å². The van der Waals surface area contributed by atoms with Crippen molar-refractivity contribution in [3.05, 3.63) is 82.3 Å². The molecule has 3 aromatic rings. The van der Waals surface area contributed by atoms with Crippen molar-refractivity contribution in [2.75, 3.05) is 0 Å². The topological polar surface area (TPSA) is 20.2 Å². The zero-order valence-corrected chi connectivity index (χ0v) is 12.8. The zero-order valence-electron chi connectivity index (χ0n) is 11.2. The van der Waals surface area contributed by atoms with Crippen LogP contribution in [0.1, 0.15) is 18.1 Å². The third kappa shape index (κ3) is 2.26. The molecule has 2 heteroatoms. The van der Waals surface area contributed by atoms with Crippen molar-refractivity contribution in [2.45, 2.75) is 12.5 Å². The van der Waals surface area contributed by atoms with E-state index in [1.54, 1.807) is 0 Å². The van der Waals surface area contributed by atoms with Crippen molar-refractivity contribution in [3.8, 4) is 0 Å². The Morgan fingerprint density at radius 2 is 1.60 bits per heavy atom. The van der Waals surface area contributed by atoms with Crippen LogP contribution >= 0.6 is 15.9 Å². The van der Waals surface area contributed by atoms with E-state index in [9.17, 15) is 5.11 Å². The number of rotatable bonds is 2. The lowest BCUT2D eigenvalue weighted by molar-refractivity contribution is 0.104. The molecule has 0 saturated heterocycles. The van der Waals surface area contributed by atoms with Gasteiger partial charge in [-0.05, 0) is 41.0 Å². The second kappa shape index (κ2) is 5.04. The van der Waals surface area contributed by atoms with Gasteiger partial charge in [0.25, 0.3) is 0 Å². The lowest BCUT2D eigenvalue weighted by atomic mass is 9.85. The van der Waals surface area contributed by atoms with E-state index in [2.05, 4.69) is 34.1 Å². The summed E-state index contributed by atoms with van der Waals surface area (Å²) in [7, 11) is 0. The van der Waals surface area contributed by atoms with Crippen LogP contribution < -0.4 is 0 Å². The van der Waals surface area contributed by atoms with Gasteiger partial charge in [-0.2, -0.15) is 0 Å². The minimum Gasteiger partial charge on any atom is -0.381 e.